The zero-order valence-electron chi connectivity index (χ0n) is 10.0. The molecule has 0 aromatic heterocycles. The van der Waals surface area contributed by atoms with E-state index in [4.69, 9.17) is 5.73 Å². The van der Waals surface area contributed by atoms with E-state index in [2.05, 4.69) is 0 Å². The molecule has 0 unspecified atom stereocenters. The molecule has 2 rings (SSSR count). The summed E-state index contributed by atoms with van der Waals surface area (Å²) in [6, 6.07) is 5.03. The molecule has 5 heteroatoms. The Kier molecular flexibility index (Phi) is 3.29. The normalized spacial score (nSPS) is 10.5. The standard InChI is InChI=1S/C14H10F3NO/c1-7-4-12(17)9(6-11(7)16)14(19)8-2-3-10(15)13(18)5-8/h2-6H,18H2,1H3. The second kappa shape index (κ2) is 4.76. The molecule has 2 N–H and O–H groups in total. The third-order valence-corrected chi connectivity index (χ3v) is 2.75. The van der Waals surface area contributed by atoms with E-state index in [-0.39, 0.29) is 16.8 Å². The Hall–Kier alpha value is -2.30. The van der Waals surface area contributed by atoms with Crippen molar-refractivity contribution in [3.63, 3.8) is 0 Å². The van der Waals surface area contributed by atoms with E-state index < -0.39 is 28.8 Å². The molecule has 98 valence electrons. The van der Waals surface area contributed by atoms with Crippen molar-refractivity contribution in [3.8, 4) is 0 Å². The minimum atomic E-state index is -0.827. The summed E-state index contributed by atoms with van der Waals surface area (Å²) in [7, 11) is 0. The van der Waals surface area contributed by atoms with Gasteiger partial charge in [0.2, 0.25) is 0 Å². The van der Waals surface area contributed by atoms with Gasteiger partial charge in [0, 0.05) is 5.56 Å². The summed E-state index contributed by atoms with van der Waals surface area (Å²) in [5.41, 5.74) is 4.81. The van der Waals surface area contributed by atoms with Gasteiger partial charge in [-0.05, 0) is 42.8 Å². The van der Waals surface area contributed by atoms with Gasteiger partial charge in [-0.25, -0.2) is 13.2 Å². The lowest BCUT2D eigenvalue weighted by Crippen LogP contribution is -2.07. The molecule has 0 spiro atoms. The highest BCUT2D eigenvalue weighted by atomic mass is 19.1. The monoisotopic (exact) mass is 265 g/mol. The van der Waals surface area contributed by atoms with Crippen molar-refractivity contribution < 1.29 is 18.0 Å². The van der Waals surface area contributed by atoms with E-state index in [0.29, 0.717) is 0 Å². The lowest BCUT2D eigenvalue weighted by molar-refractivity contribution is 0.103. The number of ketones is 1. The van der Waals surface area contributed by atoms with Crippen molar-refractivity contribution in [1.82, 2.24) is 0 Å². The third-order valence-electron chi connectivity index (χ3n) is 2.75. The van der Waals surface area contributed by atoms with Gasteiger partial charge in [0.1, 0.15) is 17.5 Å². The third kappa shape index (κ3) is 2.45. The predicted octanol–water partition coefficient (Wildman–Crippen LogP) is 3.23. The molecule has 2 aromatic rings. The first-order valence-corrected chi connectivity index (χ1v) is 5.45. The summed E-state index contributed by atoms with van der Waals surface area (Å²) >= 11 is 0. The van der Waals surface area contributed by atoms with Crippen molar-refractivity contribution in [2.45, 2.75) is 6.92 Å². The second-order valence-electron chi connectivity index (χ2n) is 4.15. The van der Waals surface area contributed by atoms with Crippen LogP contribution in [0, 0.1) is 24.4 Å². The van der Waals surface area contributed by atoms with Crippen LogP contribution in [0.5, 0.6) is 0 Å². The number of benzene rings is 2. The molecule has 0 saturated heterocycles. The van der Waals surface area contributed by atoms with Crippen LogP contribution in [-0.4, -0.2) is 5.78 Å². The summed E-state index contributed by atoms with van der Waals surface area (Å²) in [5, 5.41) is 0. The van der Waals surface area contributed by atoms with E-state index in [1.165, 1.54) is 13.0 Å². The number of rotatable bonds is 2. The average Bonchev–Trinajstić information content (AvgIpc) is 2.36. The smallest absolute Gasteiger partial charge is 0.196 e. The lowest BCUT2D eigenvalue weighted by Gasteiger charge is -2.06. The molecule has 0 aliphatic rings. The predicted molar refractivity (Wildman–Crippen MR) is 65.3 cm³/mol. The van der Waals surface area contributed by atoms with Gasteiger partial charge in [-0.2, -0.15) is 0 Å². The number of halogens is 3. The first-order chi connectivity index (χ1) is 8.90. The molecular formula is C14H10F3NO. The summed E-state index contributed by atoms with van der Waals surface area (Å²) < 4.78 is 40.0. The maximum atomic E-state index is 13.7. The molecule has 2 aromatic carbocycles. The minimum absolute atomic E-state index is 0.000975. The molecule has 0 aliphatic carbocycles. The molecule has 0 atom stereocenters. The molecule has 19 heavy (non-hydrogen) atoms. The number of nitrogens with two attached hydrogens (primary N) is 1. The Bertz CT molecular complexity index is 668. The zero-order chi connectivity index (χ0) is 14.2. The van der Waals surface area contributed by atoms with Crippen LogP contribution in [-0.2, 0) is 0 Å². The van der Waals surface area contributed by atoms with Crippen molar-refractivity contribution >= 4 is 11.5 Å². The van der Waals surface area contributed by atoms with Crippen LogP contribution in [0.3, 0.4) is 0 Å². The van der Waals surface area contributed by atoms with Crippen molar-refractivity contribution in [2.24, 2.45) is 0 Å². The number of carbonyl (C=O) groups excluding carboxylic acids is 1. The van der Waals surface area contributed by atoms with Crippen LogP contribution in [0.4, 0.5) is 18.9 Å². The molecule has 0 heterocycles. The first-order valence-electron chi connectivity index (χ1n) is 5.45. The minimum Gasteiger partial charge on any atom is -0.396 e. The van der Waals surface area contributed by atoms with Crippen LogP contribution in [0.2, 0.25) is 0 Å². The highest BCUT2D eigenvalue weighted by molar-refractivity contribution is 6.09. The van der Waals surface area contributed by atoms with E-state index in [0.717, 1.165) is 24.3 Å². The van der Waals surface area contributed by atoms with Crippen LogP contribution in [0.25, 0.3) is 0 Å². The largest absolute Gasteiger partial charge is 0.396 e. The number of hydrogen-bond donors (Lipinski definition) is 1. The summed E-state index contributed by atoms with van der Waals surface area (Å²) in [6.07, 6.45) is 0. The number of anilines is 1. The lowest BCUT2D eigenvalue weighted by atomic mass is 10.0. The molecule has 0 amide bonds. The fraction of sp³-hybridized carbons (Fsp3) is 0.0714. The molecule has 0 radical (unpaired) electrons. The summed E-state index contributed by atoms with van der Waals surface area (Å²) in [4.78, 5) is 12.0. The van der Waals surface area contributed by atoms with Gasteiger partial charge in [-0.3, -0.25) is 4.79 Å². The topological polar surface area (TPSA) is 43.1 Å². The fourth-order valence-corrected chi connectivity index (χ4v) is 1.66. The van der Waals surface area contributed by atoms with Gasteiger partial charge in [0.15, 0.2) is 5.78 Å². The van der Waals surface area contributed by atoms with Gasteiger partial charge in [0.05, 0.1) is 11.3 Å². The summed E-state index contributed by atoms with van der Waals surface area (Å²) in [6.45, 7) is 1.39. The average molecular weight is 265 g/mol. The highest BCUT2D eigenvalue weighted by Gasteiger charge is 2.17. The van der Waals surface area contributed by atoms with Crippen LogP contribution >= 0.6 is 0 Å². The van der Waals surface area contributed by atoms with Gasteiger partial charge in [-0.1, -0.05) is 0 Å². The van der Waals surface area contributed by atoms with Crippen LogP contribution < -0.4 is 5.73 Å². The Morgan fingerprint density at radius 3 is 2.32 bits per heavy atom. The van der Waals surface area contributed by atoms with Crippen LogP contribution in [0.15, 0.2) is 30.3 Å². The Morgan fingerprint density at radius 1 is 1.00 bits per heavy atom. The first kappa shape index (κ1) is 13.1. The molecule has 2 nitrogen and oxygen atoms in total. The Labute approximate surface area is 107 Å². The maximum absolute atomic E-state index is 13.7. The van der Waals surface area contributed by atoms with Gasteiger partial charge in [0.25, 0.3) is 0 Å². The van der Waals surface area contributed by atoms with E-state index in [1.807, 2.05) is 0 Å². The van der Waals surface area contributed by atoms with Gasteiger partial charge in [-0.15, -0.1) is 0 Å². The maximum Gasteiger partial charge on any atom is 0.196 e. The molecule has 0 bridgehead atoms. The Balaban J connectivity index is 2.49. The SMILES string of the molecule is Cc1cc(F)c(C(=O)c2ccc(F)c(N)c2)cc1F. The van der Waals surface area contributed by atoms with Crippen molar-refractivity contribution in [1.29, 1.82) is 0 Å². The van der Waals surface area contributed by atoms with E-state index in [1.54, 1.807) is 0 Å². The number of carbonyl (C=O) groups is 1. The molecule has 0 fully saturated rings. The highest BCUT2D eigenvalue weighted by Crippen LogP contribution is 2.20. The van der Waals surface area contributed by atoms with Gasteiger partial charge < -0.3 is 5.73 Å². The number of hydrogen-bond acceptors (Lipinski definition) is 2. The summed E-state index contributed by atoms with van der Waals surface area (Å²) in [5.74, 6) is -2.93. The fourth-order valence-electron chi connectivity index (χ4n) is 1.66. The van der Waals surface area contributed by atoms with E-state index in [9.17, 15) is 18.0 Å². The molecular weight excluding hydrogens is 255 g/mol. The zero-order valence-corrected chi connectivity index (χ0v) is 10.0. The van der Waals surface area contributed by atoms with Crippen molar-refractivity contribution in [3.05, 3.63) is 64.5 Å². The molecule has 0 saturated carbocycles. The van der Waals surface area contributed by atoms with Gasteiger partial charge >= 0.3 is 0 Å². The second-order valence-corrected chi connectivity index (χ2v) is 4.15. The Morgan fingerprint density at radius 2 is 1.68 bits per heavy atom. The quantitative estimate of drug-likeness (QED) is 0.669. The van der Waals surface area contributed by atoms with Crippen molar-refractivity contribution in [2.75, 3.05) is 5.73 Å². The number of nitrogen functional groups attached to an aromatic ring is 1. The van der Waals surface area contributed by atoms with Crippen LogP contribution in [0.1, 0.15) is 21.5 Å². The van der Waals surface area contributed by atoms with E-state index >= 15 is 0 Å². The molecule has 0 aliphatic heterocycles. The number of aryl methyl sites for hydroxylation is 1.